The van der Waals surface area contributed by atoms with Crippen molar-refractivity contribution in [3.05, 3.63) is 0 Å². The SMILES string of the molecule is O.O.[Fe+3].[Fe+3].[O]=[Mo](=[O])([O-])[O-].[O]=[Mo](=[O])([O-])[O-].[O]=[Mo](=[O])([O-])[O-]. The Morgan fingerprint density at radius 1 is 0.421 bits per heavy atom. The molecule has 0 amide bonds. The molecule has 0 atom stereocenters. The first-order valence-corrected chi connectivity index (χ1v) is 11.8. The second kappa shape index (κ2) is 17.6. The van der Waals surface area contributed by atoms with E-state index in [2.05, 4.69) is 0 Å². The van der Waals surface area contributed by atoms with Gasteiger partial charge in [0.15, 0.2) is 0 Å². The summed E-state index contributed by atoms with van der Waals surface area (Å²) in [6.45, 7) is 0. The molecule has 0 aromatic carbocycles. The van der Waals surface area contributed by atoms with Gasteiger partial charge in [0.1, 0.15) is 0 Å². The van der Waals surface area contributed by atoms with E-state index in [1.54, 1.807) is 0 Å². The van der Waals surface area contributed by atoms with Crippen LogP contribution in [-0.2, 0) is 105 Å². The third kappa shape index (κ3) is 2410. The van der Waals surface area contributed by atoms with Crippen molar-refractivity contribution in [2.75, 3.05) is 0 Å². The molecule has 0 unspecified atom stereocenters. The first-order valence-electron chi connectivity index (χ1n) is 2.00. The maximum atomic E-state index is 8.63. The summed E-state index contributed by atoms with van der Waals surface area (Å²) in [5, 5.41) is 0. The van der Waals surface area contributed by atoms with Gasteiger partial charge in [-0.1, -0.05) is 0 Å². The van der Waals surface area contributed by atoms with E-state index in [4.69, 9.17) is 42.9 Å². The fourth-order valence-corrected chi connectivity index (χ4v) is 0. The number of rotatable bonds is 0. The van der Waals surface area contributed by atoms with Crippen molar-refractivity contribution in [3.63, 3.8) is 0 Å². The Balaban J connectivity index is -0.0000000206. The van der Waals surface area contributed by atoms with Crippen molar-refractivity contribution in [2.24, 2.45) is 0 Å². The van der Waals surface area contributed by atoms with Gasteiger partial charge in [-0.3, -0.25) is 0 Å². The predicted molar refractivity (Wildman–Crippen MR) is 11.3 cm³/mol. The van der Waals surface area contributed by atoms with Gasteiger partial charge in [-0.05, 0) is 0 Å². The molecule has 2 radical (unpaired) electrons. The van der Waals surface area contributed by atoms with Gasteiger partial charge in [-0.25, -0.2) is 0 Å². The van der Waals surface area contributed by atoms with Crippen LogP contribution in [0.1, 0.15) is 0 Å². The third-order valence-corrected chi connectivity index (χ3v) is 0. The Hall–Kier alpha value is 1.58. The molecule has 19 heavy (non-hydrogen) atoms. The summed E-state index contributed by atoms with van der Waals surface area (Å²) < 4.78 is 104. The van der Waals surface area contributed by atoms with E-state index in [9.17, 15) is 0 Å². The molecule has 4 N–H and O–H groups in total. The molecule has 0 heterocycles. The van der Waals surface area contributed by atoms with Crippen molar-refractivity contribution in [1.29, 1.82) is 0 Å². The molecular formula is H4Fe2Mo3O14. The molecule has 14 nitrogen and oxygen atoms in total. The van der Waals surface area contributed by atoms with Crippen molar-refractivity contribution < 1.29 is 138 Å². The Morgan fingerprint density at radius 3 is 0.421 bits per heavy atom. The van der Waals surface area contributed by atoms with E-state index in [0.717, 1.165) is 0 Å². The van der Waals surface area contributed by atoms with Gasteiger partial charge in [-0.15, -0.1) is 0 Å². The topological polar surface area (TPSA) is 304 Å². The Bertz CT molecular complexity index is 342. The minimum atomic E-state index is -6.02. The predicted octanol–water partition coefficient (Wildman–Crippen LogP) is -9.51. The summed E-state index contributed by atoms with van der Waals surface area (Å²) in [5.41, 5.74) is 0. The average Bonchev–Trinajstić information content (AvgIpc) is 1.41. The molecule has 0 aliphatic carbocycles. The number of hydrogen-bond acceptors (Lipinski definition) is 12. The maximum absolute atomic E-state index is 8.63. The molecule has 0 fully saturated rings. The summed E-state index contributed by atoms with van der Waals surface area (Å²) in [4.78, 5) is 0. The molecule has 122 valence electrons. The van der Waals surface area contributed by atoms with Gasteiger partial charge in [0.2, 0.25) is 0 Å². The van der Waals surface area contributed by atoms with E-state index in [-0.39, 0.29) is 45.1 Å². The Kier molecular flexibility index (Phi) is 39.7. The standard InChI is InChI=1S/2Fe.3Mo.2H2O.12O/h;;;;;2*1H2;;;;;;;;;;;;/q2*+3;;;;;;;;;;;;6*-1. The summed E-state index contributed by atoms with van der Waals surface area (Å²) in [6.07, 6.45) is 0. The van der Waals surface area contributed by atoms with Crippen LogP contribution < -0.4 is 22.6 Å². The molecule has 19 heteroatoms. The minimum absolute atomic E-state index is 0. The average molecular weight is 628 g/mol. The molecule has 0 aromatic rings. The summed E-state index contributed by atoms with van der Waals surface area (Å²) >= 11 is -18.1. The van der Waals surface area contributed by atoms with Crippen LogP contribution in [0.3, 0.4) is 0 Å². The van der Waals surface area contributed by atoms with E-state index in [0.29, 0.717) is 0 Å². The van der Waals surface area contributed by atoms with Gasteiger partial charge in [-0.2, -0.15) is 0 Å². The number of hydrogen-bond donors (Lipinski definition) is 0. The van der Waals surface area contributed by atoms with E-state index in [1.165, 1.54) is 0 Å². The monoisotopic (exact) mass is 634 g/mol. The molecule has 0 aliphatic rings. The van der Waals surface area contributed by atoms with Gasteiger partial charge in [0, 0.05) is 0 Å². The molecular weight excluding hydrogens is 623 g/mol. The van der Waals surface area contributed by atoms with Crippen molar-refractivity contribution in [3.8, 4) is 0 Å². The summed E-state index contributed by atoms with van der Waals surface area (Å²) in [5.74, 6) is 0. The second-order valence-electron chi connectivity index (χ2n) is 1.22. The molecule has 0 saturated heterocycles. The Labute approximate surface area is 137 Å². The zero-order valence-corrected chi connectivity index (χ0v) is 16.1. The normalized spacial score (nSPS) is 9.16. The molecule has 0 aliphatic heterocycles. The van der Waals surface area contributed by atoms with Gasteiger partial charge in [0.05, 0.1) is 0 Å². The molecule has 0 spiro atoms. The second-order valence-corrected chi connectivity index (χ2v) is 7.25. The fourth-order valence-electron chi connectivity index (χ4n) is 0. The van der Waals surface area contributed by atoms with E-state index < -0.39 is 50.2 Å². The first-order chi connectivity index (χ1) is 6.00. The van der Waals surface area contributed by atoms with Gasteiger partial charge >= 0.3 is 127 Å². The van der Waals surface area contributed by atoms with Crippen LogP contribution in [0.2, 0.25) is 0 Å². The van der Waals surface area contributed by atoms with Crippen LogP contribution in [0, 0.1) is 0 Å². The third-order valence-electron chi connectivity index (χ3n) is 0. The van der Waals surface area contributed by atoms with Crippen LogP contribution in [0.25, 0.3) is 0 Å². The van der Waals surface area contributed by atoms with Crippen molar-refractivity contribution in [1.82, 2.24) is 0 Å². The molecule has 0 bridgehead atoms. The molecule has 0 rings (SSSR count). The van der Waals surface area contributed by atoms with Gasteiger partial charge in [0.25, 0.3) is 0 Å². The van der Waals surface area contributed by atoms with E-state index in [1.807, 2.05) is 0 Å². The van der Waals surface area contributed by atoms with Crippen molar-refractivity contribution >= 4 is 0 Å². The van der Waals surface area contributed by atoms with Crippen LogP contribution in [-0.4, -0.2) is 11.0 Å². The van der Waals surface area contributed by atoms with E-state index >= 15 is 0 Å². The van der Waals surface area contributed by atoms with Crippen molar-refractivity contribution in [2.45, 2.75) is 0 Å². The Morgan fingerprint density at radius 2 is 0.421 bits per heavy atom. The van der Waals surface area contributed by atoms with Crippen LogP contribution in [0.4, 0.5) is 0 Å². The zero-order valence-electron chi connectivity index (χ0n) is 7.83. The summed E-state index contributed by atoms with van der Waals surface area (Å²) in [6, 6.07) is 0. The van der Waals surface area contributed by atoms with Crippen LogP contribution >= 0.6 is 0 Å². The summed E-state index contributed by atoms with van der Waals surface area (Å²) in [7, 11) is 0. The van der Waals surface area contributed by atoms with Gasteiger partial charge < -0.3 is 11.0 Å². The first kappa shape index (κ1) is 42.8. The molecule has 0 aromatic heterocycles. The van der Waals surface area contributed by atoms with Crippen LogP contribution in [0.15, 0.2) is 0 Å². The quantitative estimate of drug-likeness (QED) is 0.226. The fraction of sp³-hybridized carbons (Fsp3) is 0. The molecule has 0 saturated carbocycles. The van der Waals surface area contributed by atoms with Crippen LogP contribution in [0.5, 0.6) is 0 Å². The zero-order chi connectivity index (χ0) is 13.5.